The minimum Gasteiger partial charge on any atom is -0.238 e. The molecule has 0 N–H and O–H groups in total. The van der Waals surface area contributed by atoms with Crippen LogP contribution in [-0.4, -0.2) is 23.6 Å². The third kappa shape index (κ3) is 2.47. The fraction of sp³-hybridized carbons (Fsp3) is 0.500. The van der Waals surface area contributed by atoms with Crippen LogP contribution in [0.4, 0.5) is 4.39 Å². The maximum atomic E-state index is 12.5. The average molecular weight is 218 g/mol. The Hall–Kier alpha value is -1.04. The van der Waals surface area contributed by atoms with Crippen LogP contribution in [0.1, 0.15) is 25.6 Å². The number of thiol groups is 1. The first kappa shape index (κ1) is 11.0. The van der Waals surface area contributed by atoms with E-state index in [1.165, 1.54) is 0 Å². The van der Waals surface area contributed by atoms with E-state index in [9.17, 15) is 12.8 Å². The number of hydrogen-bond acceptors (Lipinski definition) is 4. The molecule has 0 saturated carbocycles. The lowest BCUT2D eigenvalue weighted by Crippen LogP contribution is -2.16. The summed E-state index contributed by atoms with van der Waals surface area (Å²) in [6.07, 6.45) is 2.06. The van der Waals surface area contributed by atoms with Crippen molar-refractivity contribution in [2.45, 2.75) is 25.0 Å². The molecule has 1 rings (SSSR count). The molecule has 1 aromatic rings. The van der Waals surface area contributed by atoms with E-state index in [-0.39, 0.29) is 5.92 Å². The molecule has 0 aliphatic rings. The lowest BCUT2D eigenvalue weighted by atomic mass is 10.1. The van der Waals surface area contributed by atoms with E-state index in [1.807, 2.05) is 0 Å². The Kier molecular flexibility index (Phi) is 3.51. The van der Waals surface area contributed by atoms with Gasteiger partial charge in [-0.15, -0.1) is 0 Å². The van der Waals surface area contributed by atoms with E-state index >= 15 is 0 Å². The predicted molar refractivity (Wildman–Crippen MR) is 50.2 cm³/mol. The molecular weight excluding hydrogens is 207 g/mol. The fourth-order valence-corrected chi connectivity index (χ4v) is 1.45. The molecule has 0 aliphatic carbocycles. The molecule has 0 unspecified atom stereocenters. The summed E-state index contributed by atoms with van der Waals surface area (Å²) in [6.45, 7) is 3.27. The van der Waals surface area contributed by atoms with Crippen LogP contribution in [0, 0.1) is 5.82 Å². The second-order valence-corrected chi connectivity index (χ2v) is 4.46. The Morgan fingerprint density at radius 1 is 1.29 bits per heavy atom. The van der Waals surface area contributed by atoms with Gasteiger partial charge in [-0.05, 0) is 6.92 Å². The van der Waals surface area contributed by atoms with Gasteiger partial charge in [-0.2, -0.15) is 0 Å². The first-order valence-corrected chi connectivity index (χ1v) is 5.38. The zero-order valence-electron chi connectivity index (χ0n) is 7.85. The summed E-state index contributed by atoms with van der Waals surface area (Å²) in [5, 5.41) is -0.546. The summed E-state index contributed by atoms with van der Waals surface area (Å²) in [5.41, 5.74) is 0. The predicted octanol–water partition coefficient (Wildman–Crippen LogP) is 0.719. The number of halogens is 1. The molecule has 0 radical (unpaired) electrons. The SMILES string of the molecule is C[C@H]([C@@H](C)c1ncc(F)cn1)[SH](=O)=O. The van der Waals surface area contributed by atoms with Gasteiger partial charge in [0.15, 0.2) is 5.82 Å². The Morgan fingerprint density at radius 2 is 1.79 bits per heavy atom. The lowest BCUT2D eigenvalue weighted by Gasteiger charge is -2.11. The van der Waals surface area contributed by atoms with Gasteiger partial charge in [0.2, 0.25) is 0 Å². The highest BCUT2D eigenvalue weighted by Gasteiger charge is 2.19. The van der Waals surface area contributed by atoms with Crippen LogP contribution in [-0.2, 0) is 10.7 Å². The van der Waals surface area contributed by atoms with Gasteiger partial charge in [0, 0.05) is 5.92 Å². The number of rotatable bonds is 3. The normalized spacial score (nSPS) is 15.4. The third-order valence-corrected chi connectivity index (χ3v) is 3.22. The lowest BCUT2D eigenvalue weighted by molar-refractivity contribution is 0.574. The van der Waals surface area contributed by atoms with E-state index in [4.69, 9.17) is 0 Å². The molecule has 2 atom stereocenters. The van der Waals surface area contributed by atoms with Crippen LogP contribution in [0.15, 0.2) is 12.4 Å². The van der Waals surface area contributed by atoms with Gasteiger partial charge in [0.05, 0.1) is 17.6 Å². The Bertz CT molecular complexity index is 369. The molecule has 4 nitrogen and oxygen atoms in total. The Morgan fingerprint density at radius 3 is 2.21 bits per heavy atom. The van der Waals surface area contributed by atoms with Gasteiger partial charge in [0.1, 0.15) is 16.5 Å². The van der Waals surface area contributed by atoms with Gasteiger partial charge < -0.3 is 0 Å². The van der Waals surface area contributed by atoms with Crippen molar-refractivity contribution in [1.29, 1.82) is 0 Å². The summed E-state index contributed by atoms with van der Waals surface area (Å²) in [4.78, 5) is 7.46. The molecule has 0 saturated heterocycles. The van der Waals surface area contributed by atoms with Crippen molar-refractivity contribution in [3.8, 4) is 0 Å². The first-order chi connectivity index (χ1) is 6.52. The highest BCUT2D eigenvalue weighted by Crippen LogP contribution is 2.16. The molecule has 0 aliphatic heterocycles. The van der Waals surface area contributed by atoms with Crippen LogP contribution in [0.5, 0.6) is 0 Å². The van der Waals surface area contributed by atoms with Gasteiger partial charge >= 0.3 is 0 Å². The van der Waals surface area contributed by atoms with Crippen molar-refractivity contribution in [1.82, 2.24) is 9.97 Å². The van der Waals surface area contributed by atoms with Crippen LogP contribution in [0.2, 0.25) is 0 Å². The van der Waals surface area contributed by atoms with Crippen molar-refractivity contribution in [3.05, 3.63) is 24.0 Å². The van der Waals surface area contributed by atoms with E-state index in [0.717, 1.165) is 12.4 Å². The monoisotopic (exact) mass is 218 g/mol. The molecule has 0 amide bonds. The quantitative estimate of drug-likeness (QED) is 0.759. The zero-order chi connectivity index (χ0) is 10.7. The van der Waals surface area contributed by atoms with E-state index < -0.39 is 21.8 Å². The van der Waals surface area contributed by atoms with Crippen molar-refractivity contribution in [2.75, 3.05) is 0 Å². The van der Waals surface area contributed by atoms with E-state index in [1.54, 1.807) is 13.8 Å². The standard InChI is InChI=1S/C8H11FN2O2S/c1-5(6(2)14(12)13)8-10-3-7(9)4-11-8/h3-6,14H,1-2H3/t5-,6-/m1/s1. The first-order valence-electron chi connectivity index (χ1n) is 4.13. The highest BCUT2D eigenvalue weighted by atomic mass is 32.2. The van der Waals surface area contributed by atoms with E-state index in [2.05, 4.69) is 9.97 Å². The van der Waals surface area contributed by atoms with Crippen molar-refractivity contribution in [2.24, 2.45) is 0 Å². The minimum atomic E-state index is -2.51. The second-order valence-electron chi connectivity index (χ2n) is 3.07. The third-order valence-electron chi connectivity index (χ3n) is 2.10. The molecule has 78 valence electrons. The molecule has 0 aromatic carbocycles. The van der Waals surface area contributed by atoms with Crippen molar-refractivity contribution in [3.63, 3.8) is 0 Å². The molecule has 6 heteroatoms. The summed E-state index contributed by atoms with van der Waals surface area (Å²) < 4.78 is 33.8. The number of nitrogens with zero attached hydrogens (tertiary/aromatic N) is 2. The fourth-order valence-electron chi connectivity index (χ4n) is 0.956. The average Bonchev–Trinajstić information content (AvgIpc) is 2.16. The Balaban J connectivity index is 2.89. The molecule has 14 heavy (non-hydrogen) atoms. The second kappa shape index (κ2) is 4.45. The van der Waals surface area contributed by atoms with Gasteiger partial charge in [-0.25, -0.2) is 22.8 Å². The Labute approximate surface area is 83.2 Å². The molecule has 1 aromatic heterocycles. The van der Waals surface area contributed by atoms with Crippen molar-refractivity contribution < 1.29 is 12.8 Å². The van der Waals surface area contributed by atoms with Crippen LogP contribution < -0.4 is 0 Å². The van der Waals surface area contributed by atoms with Gasteiger partial charge in [-0.1, -0.05) is 6.92 Å². The van der Waals surface area contributed by atoms with Crippen LogP contribution >= 0.6 is 0 Å². The maximum Gasteiger partial charge on any atom is 0.159 e. The summed E-state index contributed by atoms with van der Waals surface area (Å²) in [5.74, 6) is -0.505. The van der Waals surface area contributed by atoms with Gasteiger partial charge in [0.25, 0.3) is 0 Å². The minimum absolute atomic E-state index is 0.322. The summed E-state index contributed by atoms with van der Waals surface area (Å²) >= 11 is 0. The molecule has 0 bridgehead atoms. The topological polar surface area (TPSA) is 59.9 Å². The summed E-state index contributed by atoms with van der Waals surface area (Å²) in [6, 6.07) is 0. The molecular formula is C8H11FN2O2S. The number of hydrogen-bond donors (Lipinski definition) is 1. The molecule has 0 fully saturated rings. The highest BCUT2D eigenvalue weighted by molar-refractivity contribution is 7.73. The van der Waals surface area contributed by atoms with Crippen LogP contribution in [0.25, 0.3) is 0 Å². The smallest absolute Gasteiger partial charge is 0.159 e. The molecule has 0 spiro atoms. The largest absolute Gasteiger partial charge is 0.238 e. The summed E-state index contributed by atoms with van der Waals surface area (Å²) in [7, 11) is -2.51. The van der Waals surface area contributed by atoms with Crippen LogP contribution in [0.3, 0.4) is 0 Å². The number of aromatic nitrogens is 2. The zero-order valence-corrected chi connectivity index (χ0v) is 8.74. The van der Waals surface area contributed by atoms with Gasteiger partial charge in [-0.3, -0.25) is 0 Å². The molecule has 1 heterocycles. The maximum absolute atomic E-state index is 12.5. The van der Waals surface area contributed by atoms with E-state index in [0.29, 0.717) is 5.82 Å². The van der Waals surface area contributed by atoms with Crippen molar-refractivity contribution >= 4 is 10.7 Å².